The van der Waals surface area contributed by atoms with Crippen LogP contribution in [0.1, 0.15) is 65.5 Å². The number of hydrogen-bond acceptors (Lipinski definition) is 3. The van der Waals surface area contributed by atoms with Crippen molar-refractivity contribution in [1.29, 1.82) is 0 Å². The third-order valence-corrected chi connectivity index (χ3v) is 9.74. The summed E-state index contributed by atoms with van der Waals surface area (Å²) in [6.45, 7) is 2.74. The van der Waals surface area contributed by atoms with Crippen LogP contribution in [0, 0.1) is 0 Å². The minimum Gasteiger partial charge on any atom is -0.351 e. The molecule has 1 atom stereocenters. The summed E-state index contributed by atoms with van der Waals surface area (Å²) < 4.78 is 3.16. The number of halogens is 1. The molecule has 1 fully saturated rings. The normalized spacial score (nSPS) is 20.1. The molecule has 0 bridgehead atoms. The number of carbonyl (C=O) groups is 2. The van der Waals surface area contributed by atoms with Gasteiger partial charge in [0.05, 0.1) is 16.8 Å². The number of rotatable bonds is 6. The van der Waals surface area contributed by atoms with Crippen LogP contribution in [0.3, 0.4) is 0 Å². The Balaban J connectivity index is 1.54. The maximum Gasteiger partial charge on any atom is 0.272 e. The van der Waals surface area contributed by atoms with Crippen LogP contribution in [0.4, 0.5) is 0 Å². The Morgan fingerprint density at radius 1 is 1.05 bits per heavy atom. The number of nitrogens with zero attached hydrogens (tertiary/aromatic N) is 2. The van der Waals surface area contributed by atoms with Crippen molar-refractivity contribution < 1.29 is 9.59 Å². The second-order valence-electron chi connectivity index (χ2n) is 10.4. The standard InChI is InChI=1S/C31H32ClN3O2S/c1-2-24-17-26-28(38-24)18-27-29(36)35(19-21-11-9-10-16-25(21)32)31(20-34(26)27,22-12-5-3-6-13-22)30(37)33-23-14-7-4-8-15-23/h3,5-6,9-13,16-18,23H,2,4,7-8,14-15,19-20H2,1H3,(H,33,37)/t31-/m1/s1. The van der Waals surface area contributed by atoms with E-state index in [9.17, 15) is 9.59 Å². The molecule has 1 aliphatic carbocycles. The molecule has 7 heteroatoms. The predicted octanol–water partition coefficient (Wildman–Crippen LogP) is 6.92. The number of nitrogens with one attached hydrogen (secondary N) is 1. The van der Waals surface area contributed by atoms with Crippen molar-refractivity contribution in [3.05, 3.63) is 93.5 Å². The molecule has 1 saturated carbocycles. The van der Waals surface area contributed by atoms with E-state index in [0.717, 1.165) is 53.4 Å². The zero-order chi connectivity index (χ0) is 26.3. The number of benzene rings is 2. The molecule has 3 heterocycles. The van der Waals surface area contributed by atoms with Gasteiger partial charge in [0.1, 0.15) is 5.69 Å². The Morgan fingerprint density at radius 3 is 2.53 bits per heavy atom. The lowest BCUT2D eigenvalue weighted by Gasteiger charge is -2.47. The first-order valence-corrected chi connectivity index (χ1v) is 14.7. The van der Waals surface area contributed by atoms with E-state index in [1.807, 2.05) is 60.7 Å². The first kappa shape index (κ1) is 25.2. The summed E-state index contributed by atoms with van der Waals surface area (Å²) in [7, 11) is 0. The summed E-state index contributed by atoms with van der Waals surface area (Å²) in [4.78, 5) is 32.1. The Hall–Kier alpha value is -3.09. The zero-order valence-electron chi connectivity index (χ0n) is 21.6. The fourth-order valence-electron chi connectivity index (χ4n) is 6.08. The van der Waals surface area contributed by atoms with E-state index >= 15 is 0 Å². The highest BCUT2D eigenvalue weighted by Gasteiger charge is 2.53. The first-order chi connectivity index (χ1) is 18.5. The molecule has 2 aromatic heterocycles. The van der Waals surface area contributed by atoms with Crippen LogP contribution in [0.25, 0.3) is 10.2 Å². The van der Waals surface area contributed by atoms with Gasteiger partial charge in [-0.25, -0.2) is 0 Å². The number of aromatic nitrogens is 1. The van der Waals surface area contributed by atoms with Crippen molar-refractivity contribution in [3.63, 3.8) is 0 Å². The highest BCUT2D eigenvalue weighted by molar-refractivity contribution is 7.19. The Labute approximate surface area is 232 Å². The third-order valence-electron chi connectivity index (χ3n) is 8.15. The SMILES string of the molecule is CCc1cc2c(cc3n2C[C@](C(=O)NC2CCCCC2)(c2ccccc2)N(Cc2ccccc2Cl)C3=O)s1. The van der Waals surface area contributed by atoms with Crippen molar-refractivity contribution in [2.75, 3.05) is 0 Å². The van der Waals surface area contributed by atoms with Crippen molar-refractivity contribution in [1.82, 2.24) is 14.8 Å². The number of amides is 2. The first-order valence-electron chi connectivity index (χ1n) is 13.5. The van der Waals surface area contributed by atoms with E-state index in [0.29, 0.717) is 17.3 Å². The maximum absolute atomic E-state index is 14.6. The second-order valence-corrected chi connectivity index (χ2v) is 12.0. The highest BCUT2D eigenvalue weighted by atomic mass is 35.5. The van der Waals surface area contributed by atoms with Gasteiger partial charge in [0.2, 0.25) is 0 Å². The molecule has 2 amide bonds. The Kier molecular flexibility index (Phi) is 6.79. The third kappa shape index (κ3) is 4.24. The van der Waals surface area contributed by atoms with Gasteiger partial charge in [-0.3, -0.25) is 9.59 Å². The van der Waals surface area contributed by atoms with E-state index in [1.54, 1.807) is 16.2 Å². The van der Waals surface area contributed by atoms with E-state index in [2.05, 4.69) is 22.9 Å². The molecule has 4 aromatic rings. The Morgan fingerprint density at radius 2 is 1.79 bits per heavy atom. The molecule has 196 valence electrons. The average molecular weight is 546 g/mol. The lowest BCUT2D eigenvalue weighted by molar-refractivity contribution is -0.136. The molecule has 5 nitrogen and oxygen atoms in total. The van der Waals surface area contributed by atoms with E-state index < -0.39 is 5.54 Å². The van der Waals surface area contributed by atoms with Crippen molar-refractivity contribution in [2.24, 2.45) is 0 Å². The van der Waals surface area contributed by atoms with Crippen molar-refractivity contribution >= 4 is 45.0 Å². The van der Waals surface area contributed by atoms with Crippen LogP contribution in [0.2, 0.25) is 5.02 Å². The maximum atomic E-state index is 14.6. The van der Waals surface area contributed by atoms with Crippen LogP contribution in [-0.2, 0) is 29.8 Å². The van der Waals surface area contributed by atoms with Crippen LogP contribution in [-0.4, -0.2) is 27.3 Å². The van der Waals surface area contributed by atoms with Gasteiger partial charge in [0, 0.05) is 22.5 Å². The van der Waals surface area contributed by atoms with E-state index in [4.69, 9.17) is 11.6 Å². The molecule has 2 aromatic carbocycles. The molecule has 6 rings (SSSR count). The molecule has 0 unspecified atom stereocenters. The van der Waals surface area contributed by atoms with Gasteiger partial charge < -0.3 is 14.8 Å². The van der Waals surface area contributed by atoms with Gasteiger partial charge in [0.25, 0.3) is 11.8 Å². The van der Waals surface area contributed by atoms with Crippen LogP contribution >= 0.6 is 22.9 Å². The van der Waals surface area contributed by atoms with Crippen LogP contribution < -0.4 is 5.32 Å². The molecular weight excluding hydrogens is 514 g/mol. The van der Waals surface area contributed by atoms with Gasteiger partial charge in [0.15, 0.2) is 5.54 Å². The summed E-state index contributed by atoms with van der Waals surface area (Å²) in [6, 6.07) is 21.7. The molecule has 2 aliphatic rings. The van der Waals surface area contributed by atoms with Gasteiger partial charge in [-0.1, -0.05) is 86.3 Å². The smallest absolute Gasteiger partial charge is 0.272 e. The Bertz CT molecular complexity index is 1490. The lowest BCUT2D eigenvalue weighted by Crippen LogP contribution is -2.64. The molecule has 0 saturated heterocycles. The molecule has 1 N–H and O–H groups in total. The summed E-state index contributed by atoms with van der Waals surface area (Å²) in [5.74, 6) is -0.269. The lowest BCUT2D eigenvalue weighted by atomic mass is 9.83. The van der Waals surface area contributed by atoms with E-state index in [-0.39, 0.29) is 24.4 Å². The quantitative estimate of drug-likeness (QED) is 0.286. The topological polar surface area (TPSA) is 54.3 Å². The monoisotopic (exact) mass is 545 g/mol. The summed E-state index contributed by atoms with van der Waals surface area (Å²) in [6.07, 6.45) is 6.31. The van der Waals surface area contributed by atoms with Crippen molar-refractivity contribution in [3.8, 4) is 0 Å². The minimum atomic E-state index is -1.22. The van der Waals surface area contributed by atoms with Crippen LogP contribution in [0.5, 0.6) is 0 Å². The molecule has 38 heavy (non-hydrogen) atoms. The number of hydrogen-bond donors (Lipinski definition) is 1. The highest BCUT2D eigenvalue weighted by Crippen LogP contribution is 2.42. The largest absolute Gasteiger partial charge is 0.351 e. The average Bonchev–Trinajstić information content (AvgIpc) is 3.50. The number of thiophene rings is 1. The van der Waals surface area contributed by atoms with Gasteiger partial charge in [-0.05, 0) is 48.6 Å². The van der Waals surface area contributed by atoms with Crippen LogP contribution in [0.15, 0.2) is 66.7 Å². The van der Waals surface area contributed by atoms with Gasteiger partial charge in [-0.15, -0.1) is 11.3 Å². The van der Waals surface area contributed by atoms with E-state index in [1.165, 1.54) is 11.3 Å². The predicted molar refractivity (Wildman–Crippen MR) is 154 cm³/mol. The summed E-state index contributed by atoms with van der Waals surface area (Å²) >= 11 is 8.32. The molecule has 0 spiro atoms. The number of aryl methyl sites for hydroxylation is 1. The van der Waals surface area contributed by atoms with Gasteiger partial charge in [-0.2, -0.15) is 0 Å². The minimum absolute atomic E-state index is 0.116. The fraction of sp³-hybridized carbons (Fsp3) is 0.355. The summed E-state index contributed by atoms with van der Waals surface area (Å²) in [5, 5.41) is 3.98. The second kappa shape index (κ2) is 10.2. The summed E-state index contributed by atoms with van der Waals surface area (Å²) in [5.41, 5.74) is 2.06. The number of fused-ring (bicyclic) bond motifs is 3. The fourth-order valence-corrected chi connectivity index (χ4v) is 7.32. The van der Waals surface area contributed by atoms with Crippen molar-refractivity contribution in [2.45, 2.75) is 70.1 Å². The van der Waals surface area contributed by atoms with Gasteiger partial charge >= 0.3 is 0 Å². The molecule has 1 aliphatic heterocycles. The zero-order valence-corrected chi connectivity index (χ0v) is 23.2. The number of carbonyl (C=O) groups excluding carboxylic acids is 2. The molecule has 0 radical (unpaired) electrons. The molecular formula is C31H32ClN3O2S.